The van der Waals surface area contributed by atoms with Gasteiger partial charge in [0, 0.05) is 36.8 Å². The van der Waals surface area contributed by atoms with E-state index in [-0.39, 0.29) is 6.10 Å². The quantitative estimate of drug-likeness (QED) is 0.253. The predicted octanol–water partition coefficient (Wildman–Crippen LogP) is 6.94. The summed E-state index contributed by atoms with van der Waals surface area (Å²) in [5.74, 6) is 1.79. The summed E-state index contributed by atoms with van der Waals surface area (Å²) in [7, 11) is 0. The zero-order chi connectivity index (χ0) is 21.3. The molecule has 160 valence electrons. The van der Waals surface area contributed by atoms with Crippen molar-refractivity contribution in [1.82, 2.24) is 9.88 Å². The van der Waals surface area contributed by atoms with Crippen molar-refractivity contribution < 1.29 is 9.26 Å². The smallest absolute Gasteiger partial charge is 0.137 e. The molecule has 0 radical (unpaired) electrons. The number of hydrogen-bond acceptors (Lipinski definition) is 4. The highest BCUT2D eigenvalue weighted by molar-refractivity contribution is 14.2. The summed E-state index contributed by atoms with van der Waals surface area (Å²) < 4.78 is 12.1. The number of fused-ring (bicyclic) bond motifs is 1. The van der Waals surface area contributed by atoms with Gasteiger partial charge in [-0.3, -0.25) is 9.88 Å². The maximum absolute atomic E-state index is 6.46. The molecule has 1 unspecified atom stereocenters. The molecule has 4 rings (SSSR count). The van der Waals surface area contributed by atoms with Crippen LogP contribution in [-0.2, 0) is 6.54 Å². The van der Waals surface area contributed by atoms with E-state index in [1.807, 2.05) is 39.0 Å². The van der Waals surface area contributed by atoms with E-state index >= 15 is 0 Å². The van der Waals surface area contributed by atoms with Crippen LogP contribution in [0.25, 0.3) is 10.9 Å². The molecule has 6 heteroatoms. The molecule has 1 fully saturated rings. The first kappa shape index (κ1) is 23.2. The van der Waals surface area contributed by atoms with Gasteiger partial charge in [-0.2, -0.15) is 0 Å². The molecule has 1 atom stereocenters. The van der Waals surface area contributed by atoms with Gasteiger partial charge in [-0.15, -0.1) is 0 Å². The largest absolute Gasteiger partial charge is 0.490 e. The van der Waals surface area contributed by atoms with Crippen molar-refractivity contribution >= 4 is 39.4 Å². The van der Waals surface area contributed by atoms with Gasteiger partial charge in [-0.25, -0.2) is 0 Å². The van der Waals surface area contributed by atoms with Crippen LogP contribution in [0.2, 0.25) is 0 Å². The molecule has 0 spiro atoms. The minimum absolute atomic E-state index is 0.244. The summed E-state index contributed by atoms with van der Waals surface area (Å²) in [6.45, 7) is 9.55. The van der Waals surface area contributed by atoms with Crippen LogP contribution in [0.1, 0.15) is 37.9 Å². The molecule has 1 aliphatic rings. The molecule has 3 aromatic rings. The lowest BCUT2D eigenvalue weighted by molar-refractivity contribution is 0.0979. The molecular formula is C24H30IN2O2P. The molecule has 2 aromatic carbocycles. The Morgan fingerprint density at radius 1 is 1.07 bits per heavy atom. The van der Waals surface area contributed by atoms with Crippen molar-refractivity contribution in [2.45, 2.75) is 46.3 Å². The van der Waals surface area contributed by atoms with E-state index in [9.17, 15) is 0 Å². The topological polar surface area (TPSA) is 34.6 Å². The van der Waals surface area contributed by atoms with Gasteiger partial charge in [-0.1, -0.05) is 44.2 Å². The normalized spacial score (nSPS) is 15.2. The van der Waals surface area contributed by atoms with Gasteiger partial charge in [0.05, 0.1) is 5.52 Å². The minimum Gasteiger partial charge on any atom is -0.490 e. The summed E-state index contributed by atoms with van der Waals surface area (Å²) in [5, 5.41) is 1.03. The third-order valence-electron chi connectivity index (χ3n) is 5.10. The van der Waals surface area contributed by atoms with Crippen LogP contribution in [0.3, 0.4) is 0 Å². The molecule has 1 aliphatic heterocycles. The lowest BCUT2D eigenvalue weighted by atomic mass is 10.1. The van der Waals surface area contributed by atoms with Crippen molar-refractivity contribution in [1.29, 1.82) is 0 Å². The highest BCUT2D eigenvalue weighted by Gasteiger charge is 2.21. The molecule has 2 heterocycles. The highest BCUT2D eigenvalue weighted by atomic mass is 127. The fourth-order valence-electron chi connectivity index (χ4n) is 3.71. The second-order valence-corrected chi connectivity index (χ2v) is 8.88. The summed E-state index contributed by atoms with van der Waals surface area (Å²) in [4.78, 5) is 7.16. The van der Waals surface area contributed by atoms with Gasteiger partial charge >= 0.3 is 0 Å². The molecule has 30 heavy (non-hydrogen) atoms. The van der Waals surface area contributed by atoms with Crippen molar-refractivity contribution in [2.75, 3.05) is 13.1 Å². The SMILES string of the molecule is CC.Cc1cc(OC2CCN(Cc3ccccc3)CC2)c2cc(OPI)ccc2n1. The summed E-state index contributed by atoms with van der Waals surface area (Å²) in [6, 6.07) is 18.8. The van der Waals surface area contributed by atoms with Gasteiger partial charge in [0.25, 0.3) is 0 Å². The van der Waals surface area contributed by atoms with E-state index in [4.69, 9.17) is 9.26 Å². The Bertz CT molecular complexity index is 931. The van der Waals surface area contributed by atoms with Gasteiger partial charge in [-0.05, 0) is 65.6 Å². The molecule has 0 saturated carbocycles. The first-order valence-electron chi connectivity index (χ1n) is 10.6. The Morgan fingerprint density at radius 3 is 2.50 bits per heavy atom. The van der Waals surface area contributed by atoms with E-state index in [0.29, 0.717) is 6.45 Å². The van der Waals surface area contributed by atoms with Crippen LogP contribution < -0.4 is 9.26 Å². The lowest BCUT2D eigenvalue weighted by Crippen LogP contribution is -2.37. The zero-order valence-corrected chi connectivity index (χ0v) is 21.1. The number of nitrogens with zero attached hydrogens (tertiary/aromatic N) is 2. The predicted molar refractivity (Wildman–Crippen MR) is 136 cm³/mol. The number of rotatable bonds is 6. The highest BCUT2D eigenvalue weighted by Crippen LogP contribution is 2.34. The second kappa shape index (κ2) is 11.8. The van der Waals surface area contributed by atoms with Crippen LogP contribution in [0.5, 0.6) is 11.5 Å². The van der Waals surface area contributed by atoms with Crippen molar-refractivity contribution in [2.24, 2.45) is 0 Å². The van der Waals surface area contributed by atoms with Crippen molar-refractivity contribution in [3.63, 3.8) is 0 Å². The molecule has 0 bridgehead atoms. The third kappa shape index (κ3) is 6.29. The Balaban J connectivity index is 0.00000124. The zero-order valence-electron chi connectivity index (χ0n) is 17.9. The Hall–Kier alpha value is -1.43. The Labute approximate surface area is 194 Å². The number of aromatic nitrogens is 1. The molecule has 1 aromatic heterocycles. The van der Waals surface area contributed by atoms with Crippen LogP contribution in [-0.4, -0.2) is 29.1 Å². The first-order chi connectivity index (χ1) is 14.7. The molecule has 0 aliphatic carbocycles. The Morgan fingerprint density at radius 2 is 1.80 bits per heavy atom. The maximum atomic E-state index is 6.46. The van der Waals surface area contributed by atoms with Gasteiger partial charge in [0.2, 0.25) is 0 Å². The maximum Gasteiger partial charge on any atom is 0.137 e. The molecule has 0 amide bonds. The monoisotopic (exact) mass is 536 g/mol. The average molecular weight is 536 g/mol. The van der Waals surface area contributed by atoms with E-state index in [0.717, 1.165) is 60.6 Å². The van der Waals surface area contributed by atoms with E-state index in [2.05, 4.69) is 68.3 Å². The van der Waals surface area contributed by atoms with Crippen molar-refractivity contribution in [3.05, 3.63) is 65.9 Å². The molecular weight excluding hydrogens is 506 g/mol. The van der Waals surface area contributed by atoms with Crippen molar-refractivity contribution in [3.8, 4) is 11.5 Å². The minimum atomic E-state index is 0.244. The molecule has 0 N–H and O–H groups in total. The summed E-state index contributed by atoms with van der Waals surface area (Å²) in [5.41, 5.74) is 3.32. The molecule has 4 nitrogen and oxygen atoms in total. The molecule has 1 saturated heterocycles. The van der Waals surface area contributed by atoms with Crippen LogP contribution in [0.15, 0.2) is 54.6 Å². The van der Waals surface area contributed by atoms with E-state index in [1.165, 1.54) is 5.56 Å². The number of piperidine rings is 1. The fourth-order valence-corrected chi connectivity index (χ4v) is 4.69. The average Bonchev–Trinajstić information content (AvgIpc) is 2.78. The number of halogens is 1. The van der Waals surface area contributed by atoms with Crippen LogP contribution in [0, 0.1) is 6.92 Å². The number of pyridine rings is 1. The number of ether oxygens (including phenoxy) is 1. The number of aryl methyl sites for hydroxylation is 1. The first-order valence-corrected chi connectivity index (χ1v) is 14.6. The fraction of sp³-hybridized carbons (Fsp3) is 0.375. The third-order valence-corrected chi connectivity index (χ3v) is 6.08. The Kier molecular flexibility index (Phi) is 9.16. The second-order valence-electron chi connectivity index (χ2n) is 7.20. The van der Waals surface area contributed by atoms with Gasteiger partial charge in [0.1, 0.15) is 24.1 Å². The van der Waals surface area contributed by atoms with Gasteiger partial charge < -0.3 is 9.26 Å². The van der Waals surface area contributed by atoms with E-state index < -0.39 is 0 Å². The van der Waals surface area contributed by atoms with Gasteiger partial charge in [0.15, 0.2) is 0 Å². The number of hydrogen-bond donors (Lipinski definition) is 0. The van der Waals surface area contributed by atoms with Crippen LogP contribution in [0.4, 0.5) is 0 Å². The summed E-state index contributed by atoms with van der Waals surface area (Å²) in [6.07, 6.45) is 2.33. The lowest BCUT2D eigenvalue weighted by Gasteiger charge is -2.32. The number of benzene rings is 2. The van der Waals surface area contributed by atoms with E-state index in [1.54, 1.807) is 0 Å². The van der Waals surface area contributed by atoms with Crippen LogP contribution >= 0.6 is 28.5 Å². The number of likely N-dealkylation sites (tertiary alicyclic amines) is 1. The standard InChI is InChI=1S/C22H24IN2O2P.C2H6/c1-16-13-22(20-14-19(27-28-23)7-8-21(20)24-16)26-18-9-11-25(12-10-18)15-17-5-3-2-4-6-17;1-2/h2-8,13-14,18,28H,9-12,15H2,1H3;1-2H3. The summed E-state index contributed by atoms with van der Waals surface area (Å²) >= 11 is 2.24.